The molecule has 0 bridgehead atoms. The van der Waals surface area contributed by atoms with E-state index in [0.717, 1.165) is 36.5 Å². The Morgan fingerprint density at radius 1 is 0.473 bits per heavy atom. The van der Waals surface area contributed by atoms with Crippen LogP contribution in [0.4, 0.5) is 0 Å². The van der Waals surface area contributed by atoms with Crippen LogP contribution in [-0.4, -0.2) is 47.3 Å². The van der Waals surface area contributed by atoms with Crippen LogP contribution in [-0.2, 0) is 28.7 Å². The van der Waals surface area contributed by atoms with Crippen molar-refractivity contribution in [2.75, 3.05) is 13.2 Å². The predicted molar refractivity (Wildman–Crippen MR) is 222 cm³/mol. The molecule has 0 aromatic rings. The van der Waals surface area contributed by atoms with E-state index in [1.165, 1.54) is 154 Å². The maximum absolute atomic E-state index is 11.4. The van der Waals surface area contributed by atoms with Gasteiger partial charge in [0, 0.05) is 0 Å². The van der Waals surface area contributed by atoms with Gasteiger partial charge in [-0.2, -0.15) is 0 Å². The number of unbranched alkanes of at least 4 members (excludes halogenated alkanes) is 14. The van der Waals surface area contributed by atoms with Crippen LogP contribution >= 0.6 is 0 Å². The quantitative estimate of drug-likeness (QED) is 0.0393. The SMILES string of the molecule is CC(C)(C1CCC(CCCCCCCCC/C=C/COC(=O)CCC(=O)O)CC1)C1CCC(CCCCCCCCC/C=C/COC(=O)CCC(=O)O)CC1. The molecule has 2 saturated carbocycles. The highest BCUT2D eigenvalue weighted by Crippen LogP contribution is 2.50. The van der Waals surface area contributed by atoms with Gasteiger partial charge in [-0.3, -0.25) is 19.2 Å². The Morgan fingerprint density at radius 3 is 1.15 bits per heavy atom. The van der Waals surface area contributed by atoms with Crippen molar-refractivity contribution in [1.82, 2.24) is 0 Å². The molecule has 2 N–H and O–H groups in total. The lowest BCUT2D eigenvalue weighted by Gasteiger charge is -2.47. The summed E-state index contributed by atoms with van der Waals surface area (Å²) in [5.74, 6) is 0.887. The maximum atomic E-state index is 11.4. The molecule has 8 heteroatoms. The van der Waals surface area contributed by atoms with E-state index in [1.54, 1.807) is 0 Å². The van der Waals surface area contributed by atoms with Crippen LogP contribution in [0.1, 0.15) is 206 Å². The molecule has 2 aliphatic rings. The third-order valence-electron chi connectivity index (χ3n) is 12.9. The molecule has 8 nitrogen and oxygen atoms in total. The average molecular weight is 773 g/mol. The van der Waals surface area contributed by atoms with E-state index in [4.69, 9.17) is 19.7 Å². The van der Waals surface area contributed by atoms with Crippen molar-refractivity contribution in [2.24, 2.45) is 29.1 Å². The van der Waals surface area contributed by atoms with Gasteiger partial charge in [0.2, 0.25) is 0 Å². The molecule has 2 fully saturated rings. The number of carboxylic acids is 2. The van der Waals surface area contributed by atoms with Crippen molar-refractivity contribution < 1.29 is 38.9 Å². The van der Waals surface area contributed by atoms with Gasteiger partial charge in [0.15, 0.2) is 0 Å². The Kier molecular flexibility index (Phi) is 26.9. The fourth-order valence-electron chi connectivity index (χ4n) is 9.10. The van der Waals surface area contributed by atoms with Gasteiger partial charge in [0.25, 0.3) is 0 Å². The minimum absolute atomic E-state index is 0.0641. The van der Waals surface area contributed by atoms with Crippen molar-refractivity contribution in [3.63, 3.8) is 0 Å². The molecule has 0 amide bonds. The summed E-state index contributed by atoms with van der Waals surface area (Å²) in [6.07, 6.45) is 42.2. The topological polar surface area (TPSA) is 127 Å². The van der Waals surface area contributed by atoms with E-state index < -0.39 is 23.9 Å². The molecule has 2 rings (SSSR count). The molecule has 0 radical (unpaired) electrons. The number of rotatable bonds is 32. The Hall–Kier alpha value is -2.64. The summed E-state index contributed by atoms with van der Waals surface area (Å²) < 4.78 is 10.0. The molecule has 0 aliphatic heterocycles. The molecule has 0 unspecified atom stereocenters. The highest BCUT2D eigenvalue weighted by Gasteiger charge is 2.40. The van der Waals surface area contributed by atoms with Gasteiger partial charge in [-0.25, -0.2) is 0 Å². The van der Waals surface area contributed by atoms with Crippen molar-refractivity contribution in [3.8, 4) is 0 Å². The van der Waals surface area contributed by atoms with Crippen LogP contribution in [0.5, 0.6) is 0 Å². The number of carbonyl (C=O) groups is 4. The highest BCUT2D eigenvalue weighted by molar-refractivity contribution is 5.77. The summed E-state index contributed by atoms with van der Waals surface area (Å²) in [6, 6.07) is 0. The number of esters is 2. The summed E-state index contributed by atoms with van der Waals surface area (Å²) in [5.41, 5.74) is 0.494. The number of aliphatic carboxylic acids is 2. The average Bonchev–Trinajstić information content (AvgIpc) is 3.17. The summed E-state index contributed by atoms with van der Waals surface area (Å²) in [7, 11) is 0. The van der Waals surface area contributed by atoms with E-state index in [0.29, 0.717) is 5.41 Å². The van der Waals surface area contributed by atoms with E-state index in [9.17, 15) is 19.2 Å². The van der Waals surface area contributed by atoms with Crippen LogP contribution in [0.25, 0.3) is 0 Å². The Balaban J connectivity index is 1.39. The van der Waals surface area contributed by atoms with Crippen LogP contribution in [0.2, 0.25) is 0 Å². The van der Waals surface area contributed by atoms with Crippen molar-refractivity contribution in [1.29, 1.82) is 0 Å². The summed E-state index contributed by atoms with van der Waals surface area (Å²) in [5, 5.41) is 17.2. The number of hydrogen-bond donors (Lipinski definition) is 2. The Morgan fingerprint density at radius 2 is 0.800 bits per heavy atom. The number of carbonyl (C=O) groups excluding carboxylic acids is 2. The second kappa shape index (κ2) is 30.5. The third kappa shape index (κ3) is 24.6. The summed E-state index contributed by atoms with van der Waals surface area (Å²) in [4.78, 5) is 43.7. The molecule has 0 atom stereocenters. The van der Waals surface area contributed by atoms with E-state index >= 15 is 0 Å². The lowest BCUT2D eigenvalue weighted by atomic mass is 9.59. The normalized spacial score (nSPS) is 20.5. The summed E-state index contributed by atoms with van der Waals surface area (Å²) in [6.45, 7) is 5.70. The van der Waals surface area contributed by atoms with Gasteiger partial charge in [-0.15, -0.1) is 0 Å². The molecule has 0 aromatic carbocycles. The zero-order valence-electron chi connectivity index (χ0n) is 35.1. The van der Waals surface area contributed by atoms with Gasteiger partial charge in [-0.1, -0.05) is 154 Å². The molecule has 316 valence electrons. The van der Waals surface area contributed by atoms with Crippen LogP contribution in [0.15, 0.2) is 24.3 Å². The molecule has 2 aliphatic carbocycles. The van der Waals surface area contributed by atoms with Gasteiger partial charge in [0.05, 0.1) is 25.7 Å². The Bertz CT molecular complexity index is 1010. The molecular formula is C47H80O8. The highest BCUT2D eigenvalue weighted by atomic mass is 16.5. The lowest BCUT2D eigenvalue weighted by Crippen LogP contribution is -2.37. The monoisotopic (exact) mass is 773 g/mol. The van der Waals surface area contributed by atoms with E-state index in [2.05, 4.69) is 26.0 Å². The van der Waals surface area contributed by atoms with Crippen molar-refractivity contribution >= 4 is 23.9 Å². The fourth-order valence-corrected chi connectivity index (χ4v) is 9.10. The second-order valence-electron chi connectivity index (χ2n) is 17.5. The largest absolute Gasteiger partial charge is 0.481 e. The fraction of sp³-hybridized carbons (Fsp3) is 0.830. The van der Waals surface area contributed by atoms with E-state index in [-0.39, 0.29) is 38.9 Å². The van der Waals surface area contributed by atoms with Gasteiger partial charge in [0.1, 0.15) is 13.2 Å². The zero-order chi connectivity index (χ0) is 40.0. The van der Waals surface area contributed by atoms with Crippen LogP contribution in [0, 0.1) is 29.1 Å². The summed E-state index contributed by atoms with van der Waals surface area (Å²) >= 11 is 0. The first kappa shape index (κ1) is 48.5. The number of hydrogen-bond acceptors (Lipinski definition) is 6. The molecule has 55 heavy (non-hydrogen) atoms. The van der Waals surface area contributed by atoms with Gasteiger partial charge >= 0.3 is 23.9 Å². The van der Waals surface area contributed by atoms with E-state index in [1.807, 2.05) is 12.2 Å². The predicted octanol–water partition coefficient (Wildman–Crippen LogP) is 12.6. The van der Waals surface area contributed by atoms with Crippen LogP contribution in [0.3, 0.4) is 0 Å². The van der Waals surface area contributed by atoms with Gasteiger partial charge < -0.3 is 19.7 Å². The molecule has 0 aromatic heterocycles. The maximum Gasteiger partial charge on any atom is 0.306 e. The zero-order valence-corrected chi connectivity index (χ0v) is 35.1. The van der Waals surface area contributed by atoms with Gasteiger partial charge in [-0.05, 0) is 80.5 Å². The second-order valence-corrected chi connectivity index (χ2v) is 17.5. The first-order chi connectivity index (χ1) is 26.6. The number of ether oxygens (including phenoxy) is 2. The number of carboxylic acid groups (broad SMARTS) is 2. The molecular weight excluding hydrogens is 693 g/mol. The number of allylic oxidation sites excluding steroid dienone is 2. The molecule has 0 heterocycles. The lowest BCUT2D eigenvalue weighted by molar-refractivity contribution is -0.146. The molecule has 0 spiro atoms. The minimum atomic E-state index is -0.976. The first-order valence-electron chi connectivity index (χ1n) is 22.6. The Labute approximate surface area is 335 Å². The first-order valence-corrected chi connectivity index (χ1v) is 22.6. The van der Waals surface area contributed by atoms with Crippen LogP contribution < -0.4 is 0 Å². The molecule has 0 saturated heterocycles. The standard InChI is InChI=1S/C47H80O8/c1-47(2,41-29-25-39(26-30-41)23-19-15-11-7-3-5-9-13-17-21-37-54-45(52)35-33-43(48)49)42-31-27-40(28-32-42)24-20-16-12-8-4-6-10-14-18-22-38-55-46(53)36-34-44(50)51/h17-18,21-22,39-42H,3-16,19-20,23-38H2,1-2H3,(H,48,49)(H,50,51)/b21-17+,22-18+. The van der Waals surface area contributed by atoms with Crippen molar-refractivity contribution in [2.45, 2.75) is 206 Å². The third-order valence-corrected chi connectivity index (χ3v) is 12.9. The minimum Gasteiger partial charge on any atom is -0.481 e. The van der Waals surface area contributed by atoms with Crippen molar-refractivity contribution in [3.05, 3.63) is 24.3 Å². The smallest absolute Gasteiger partial charge is 0.306 e.